The van der Waals surface area contributed by atoms with Crippen molar-refractivity contribution in [2.45, 2.75) is 57.1 Å². The molecule has 106 valence electrons. The van der Waals surface area contributed by atoms with Crippen LogP contribution >= 0.6 is 0 Å². The minimum absolute atomic E-state index is 0.174. The van der Waals surface area contributed by atoms with Gasteiger partial charge in [-0.05, 0) is 70.7 Å². The van der Waals surface area contributed by atoms with E-state index in [0.717, 1.165) is 6.42 Å². The van der Waals surface area contributed by atoms with Crippen molar-refractivity contribution in [3.05, 3.63) is 35.4 Å². The maximum atomic E-state index is 10.6. The van der Waals surface area contributed by atoms with Crippen LogP contribution in [0.5, 0.6) is 0 Å². The zero-order valence-corrected chi connectivity index (χ0v) is 12.7. The van der Waals surface area contributed by atoms with Gasteiger partial charge in [0.2, 0.25) is 0 Å². The van der Waals surface area contributed by atoms with Crippen molar-refractivity contribution in [2.24, 2.45) is 0 Å². The maximum Gasteiger partial charge on any atom is 0.0724 e. The van der Waals surface area contributed by atoms with E-state index in [1.54, 1.807) is 0 Å². The van der Waals surface area contributed by atoms with Gasteiger partial charge >= 0.3 is 0 Å². The molecule has 0 saturated heterocycles. The Kier molecular flexibility index (Phi) is 4.32. The SMILES string of the molecule is CN(C)C(C)(C)C(O)CC1CCCc2ccccc21. The van der Waals surface area contributed by atoms with Crippen LogP contribution in [0.15, 0.2) is 24.3 Å². The van der Waals surface area contributed by atoms with Crippen LogP contribution in [0.4, 0.5) is 0 Å². The highest BCUT2D eigenvalue weighted by Crippen LogP contribution is 2.36. The van der Waals surface area contributed by atoms with Crippen molar-refractivity contribution in [1.82, 2.24) is 4.90 Å². The monoisotopic (exact) mass is 261 g/mol. The lowest BCUT2D eigenvalue weighted by molar-refractivity contribution is 0.00704. The van der Waals surface area contributed by atoms with Crippen LogP contribution in [0.25, 0.3) is 0 Å². The molecule has 0 radical (unpaired) electrons. The smallest absolute Gasteiger partial charge is 0.0724 e. The fourth-order valence-corrected chi connectivity index (χ4v) is 2.96. The Morgan fingerprint density at radius 2 is 2.00 bits per heavy atom. The number of hydrogen-bond donors (Lipinski definition) is 1. The maximum absolute atomic E-state index is 10.6. The molecular formula is C17H27NO. The molecule has 0 spiro atoms. The Morgan fingerprint density at radius 1 is 1.32 bits per heavy atom. The van der Waals surface area contributed by atoms with Crippen molar-refractivity contribution in [2.75, 3.05) is 14.1 Å². The fraction of sp³-hybridized carbons (Fsp3) is 0.647. The molecule has 1 aromatic rings. The minimum Gasteiger partial charge on any atom is -0.391 e. The van der Waals surface area contributed by atoms with Gasteiger partial charge < -0.3 is 10.0 Å². The van der Waals surface area contributed by atoms with E-state index in [-0.39, 0.29) is 11.6 Å². The molecule has 1 aliphatic rings. The molecule has 0 heterocycles. The van der Waals surface area contributed by atoms with E-state index in [1.807, 2.05) is 14.1 Å². The number of aliphatic hydroxyl groups is 1. The highest BCUT2D eigenvalue weighted by molar-refractivity contribution is 5.32. The summed E-state index contributed by atoms with van der Waals surface area (Å²) in [7, 11) is 4.08. The molecule has 1 aliphatic carbocycles. The quantitative estimate of drug-likeness (QED) is 0.899. The van der Waals surface area contributed by atoms with Crippen molar-refractivity contribution < 1.29 is 5.11 Å². The zero-order chi connectivity index (χ0) is 14.0. The molecule has 0 amide bonds. The lowest BCUT2D eigenvalue weighted by atomic mass is 9.77. The van der Waals surface area contributed by atoms with Crippen molar-refractivity contribution in [3.8, 4) is 0 Å². The number of rotatable bonds is 4. The number of aliphatic hydroxyl groups excluding tert-OH is 1. The molecule has 2 nitrogen and oxygen atoms in total. The summed E-state index contributed by atoms with van der Waals surface area (Å²) in [4.78, 5) is 2.12. The normalized spacial score (nSPS) is 21.3. The van der Waals surface area contributed by atoms with Crippen LogP contribution in [-0.2, 0) is 6.42 Å². The van der Waals surface area contributed by atoms with E-state index in [0.29, 0.717) is 5.92 Å². The highest BCUT2D eigenvalue weighted by Gasteiger charge is 2.33. The Morgan fingerprint density at radius 3 is 2.68 bits per heavy atom. The summed E-state index contributed by atoms with van der Waals surface area (Å²) in [6.45, 7) is 4.23. The summed E-state index contributed by atoms with van der Waals surface area (Å²) in [5.74, 6) is 0.513. The molecule has 2 rings (SSSR count). The first-order chi connectivity index (χ1) is 8.93. The Bertz CT molecular complexity index is 425. The van der Waals surface area contributed by atoms with Crippen LogP contribution in [0, 0.1) is 0 Å². The Labute approximate surface area is 117 Å². The van der Waals surface area contributed by atoms with Gasteiger partial charge in [0.25, 0.3) is 0 Å². The van der Waals surface area contributed by atoms with Gasteiger partial charge in [-0.1, -0.05) is 24.3 Å². The van der Waals surface area contributed by atoms with Crippen molar-refractivity contribution in [3.63, 3.8) is 0 Å². The van der Waals surface area contributed by atoms with Gasteiger partial charge in [0.1, 0.15) is 0 Å². The minimum atomic E-state index is -0.293. The molecule has 2 unspecified atom stereocenters. The molecule has 2 atom stereocenters. The molecule has 0 bridgehead atoms. The van der Waals surface area contributed by atoms with Gasteiger partial charge in [0, 0.05) is 5.54 Å². The van der Waals surface area contributed by atoms with Gasteiger partial charge in [0.05, 0.1) is 6.10 Å². The summed E-state index contributed by atoms with van der Waals surface area (Å²) in [6, 6.07) is 8.74. The van der Waals surface area contributed by atoms with Crippen LogP contribution in [0.1, 0.15) is 50.2 Å². The lowest BCUT2D eigenvalue weighted by Crippen LogP contribution is -2.49. The van der Waals surface area contributed by atoms with Crippen LogP contribution < -0.4 is 0 Å². The third-order valence-electron chi connectivity index (χ3n) is 4.97. The first kappa shape index (κ1) is 14.5. The topological polar surface area (TPSA) is 23.5 Å². The molecular weight excluding hydrogens is 234 g/mol. The largest absolute Gasteiger partial charge is 0.391 e. The average molecular weight is 261 g/mol. The van der Waals surface area contributed by atoms with E-state index in [9.17, 15) is 5.11 Å². The van der Waals surface area contributed by atoms with Crippen LogP contribution in [-0.4, -0.2) is 35.7 Å². The summed E-state index contributed by atoms with van der Waals surface area (Å²) >= 11 is 0. The second kappa shape index (κ2) is 5.64. The molecule has 19 heavy (non-hydrogen) atoms. The van der Waals surface area contributed by atoms with Gasteiger partial charge in [-0.2, -0.15) is 0 Å². The first-order valence-electron chi connectivity index (χ1n) is 7.36. The Hall–Kier alpha value is -0.860. The molecule has 0 aliphatic heterocycles. The number of likely N-dealkylation sites (N-methyl/N-ethyl adjacent to an activating group) is 1. The average Bonchev–Trinajstić information content (AvgIpc) is 2.39. The number of nitrogens with zero attached hydrogens (tertiary/aromatic N) is 1. The summed E-state index contributed by atoms with van der Waals surface area (Å²) in [6.07, 6.45) is 4.22. The molecule has 0 aromatic heterocycles. The van der Waals surface area contributed by atoms with E-state index in [4.69, 9.17) is 0 Å². The standard InChI is InChI=1S/C17H27NO/c1-17(2,18(3)4)16(19)12-14-10-7-9-13-8-5-6-11-15(13)14/h5-6,8,11,14,16,19H,7,9-10,12H2,1-4H3. The van der Waals surface area contributed by atoms with Crippen molar-refractivity contribution in [1.29, 1.82) is 0 Å². The van der Waals surface area contributed by atoms with Crippen LogP contribution in [0.3, 0.4) is 0 Å². The summed E-state index contributed by atoms with van der Waals surface area (Å²) in [5.41, 5.74) is 2.77. The second-order valence-electron chi connectivity index (χ2n) is 6.59. The number of benzene rings is 1. The third kappa shape index (κ3) is 3.01. The lowest BCUT2D eigenvalue weighted by Gasteiger charge is -2.39. The predicted molar refractivity (Wildman–Crippen MR) is 80.5 cm³/mol. The van der Waals surface area contributed by atoms with E-state index in [2.05, 4.69) is 43.0 Å². The Balaban J connectivity index is 2.13. The second-order valence-corrected chi connectivity index (χ2v) is 6.59. The van der Waals surface area contributed by atoms with Gasteiger partial charge in [-0.15, -0.1) is 0 Å². The number of aryl methyl sites for hydroxylation is 1. The van der Waals surface area contributed by atoms with Crippen molar-refractivity contribution >= 4 is 0 Å². The first-order valence-corrected chi connectivity index (χ1v) is 7.36. The molecule has 0 saturated carbocycles. The van der Waals surface area contributed by atoms with E-state index < -0.39 is 0 Å². The van der Waals surface area contributed by atoms with E-state index in [1.165, 1.54) is 30.4 Å². The number of hydrogen-bond acceptors (Lipinski definition) is 2. The number of fused-ring (bicyclic) bond motifs is 1. The third-order valence-corrected chi connectivity index (χ3v) is 4.97. The molecule has 1 aromatic carbocycles. The fourth-order valence-electron chi connectivity index (χ4n) is 2.96. The van der Waals surface area contributed by atoms with Gasteiger partial charge in [-0.25, -0.2) is 0 Å². The van der Waals surface area contributed by atoms with Gasteiger partial charge in [0.15, 0.2) is 0 Å². The zero-order valence-electron chi connectivity index (χ0n) is 12.7. The predicted octanol–water partition coefficient (Wildman–Crippen LogP) is 3.20. The molecule has 1 N–H and O–H groups in total. The van der Waals surface area contributed by atoms with Gasteiger partial charge in [-0.3, -0.25) is 0 Å². The summed E-state index contributed by atoms with van der Waals surface area (Å²) < 4.78 is 0. The van der Waals surface area contributed by atoms with Crippen LogP contribution in [0.2, 0.25) is 0 Å². The van der Waals surface area contributed by atoms with E-state index >= 15 is 0 Å². The summed E-state index contributed by atoms with van der Waals surface area (Å²) in [5, 5.41) is 10.6. The highest BCUT2D eigenvalue weighted by atomic mass is 16.3. The molecule has 2 heteroatoms. The molecule has 0 fully saturated rings.